The number of ether oxygens (including phenoxy) is 1. The van der Waals surface area contributed by atoms with Crippen molar-refractivity contribution in [2.45, 2.75) is 67.2 Å². The van der Waals surface area contributed by atoms with Crippen LogP contribution in [0.4, 0.5) is 33.9 Å². The van der Waals surface area contributed by atoms with E-state index in [2.05, 4.69) is 10.3 Å². The Morgan fingerprint density at radius 2 is 1.79 bits per heavy atom. The van der Waals surface area contributed by atoms with Crippen molar-refractivity contribution in [1.82, 2.24) is 15.2 Å². The van der Waals surface area contributed by atoms with Gasteiger partial charge in [0.25, 0.3) is 5.91 Å². The van der Waals surface area contributed by atoms with Crippen molar-refractivity contribution in [1.29, 1.82) is 5.26 Å². The summed E-state index contributed by atoms with van der Waals surface area (Å²) in [7, 11) is -8.71. The number of nitriles is 1. The Labute approximate surface area is 237 Å². The van der Waals surface area contributed by atoms with Crippen molar-refractivity contribution in [3.63, 3.8) is 0 Å². The third-order valence-electron chi connectivity index (χ3n) is 7.38. The number of benzene rings is 1. The first-order chi connectivity index (χ1) is 19.4. The molecule has 8 nitrogen and oxygen atoms in total. The van der Waals surface area contributed by atoms with Crippen LogP contribution in [0, 0.1) is 11.5 Å². The Kier molecular flexibility index (Phi) is 7.92. The summed E-state index contributed by atoms with van der Waals surface area (Å²) >= 11 is 0. The molecule has 230 valence electrons. The predicted octanol–water partition coefficient (Wildman–Crippen LogP) is 6.08. The standard InChI is InChI=1S/C26H28F7N5O3S/c1-41-20-13-22(37(15-20)16-34)25(40)38(19-4-6-21(7-5-19)42(29,30,31,32)33)23(17-3-2-12-35-14-17)24(39)36-18-8-10-26(27,28)11-9-18/h2-7,12,14,18,20,22-23H,8-11,13,15H2,1H3,(H,36,39)/t20-,22-,23-/m1/s1. The van der Waals surface area contributed by atoms with Gasteiger partial charge in [0.1, 0.15) is 17.0 Å². The van der Waals surface area contributed by atoms with E-state index in [1.54, 1.807) is 0 Å². The molecule has 16 heteroatoms. The van der Waals surface area contributed by atoms with Gasteiger partial charge in [-0.3, -0.25) is 24.4 Å². The zero-order valence-electron chi connectivity index (χ0n) is 22.2. The number of pyridine rings is 1. The Morgan fingerprint density at radius 1 is 1.14 bits per heavy atom. The average molecular weight is 624 g/mol. The molecule has 3 atom stereocenters. The van der Waals surface area contributed by atoms with Gasteiger partial charge in [0.2, 0.25) is 11.8 Å². The summed E-state index contributed by atoms with van der Waals surface area (Å²) in [5.41, 5.74) is -0.241. The van der Waals surface area contributed by atoms with Gasteiger partial charge in [-0.1, -0.05) is 25.5 Å². The molecule has 1 aromatic carbocycles. The minimum Gasteiger partial charge on any atom is -0.379 e. The van der Waals surface area contributed by atoms with Crippen molar-refractivity contribution in [3.8, 4) is 6.19 Å². The fourth-order valence-electron chi connectivity index (χ4n) is 5.16. The first-order valence-electron chi connectivity index (χ1n) is 12.9. The smallest absolute Gasteiger partial charge is 0.310 e. The van der Waals surface area contributed by atoms with Crippen LogP contribution in [0.5, 0.6) is 0 Å². The number of likely N-dealkylation sites (tertiary alicyclic amines) is 1. The highest BCUT2D eigenvalue weighted by Crippen LogP contribution is 3.02. The molecule has 1 aromatic heterocycles. The van der Waals surface area contributed by atoms with E-state index in [1.165, 1.54) is 31.6 Å². The average Bonchev–Trinajstić information content (AvgIpc) is 3.35. The van der Waals surface area contributed by atoms with Crippen molar-refractivity contribution >= 4 is 27.7 Å². The fraction of sp³-hybridized carbons (Fsp3) is 0.462. The zero-order valence-corrected chi connectivity index (χ0v) is 23.1. The number of nitrogens with one attached hydrogen (secondary N) is 1. The highest BCUT2D eigenvalue weighted by Gasteiger charge is 2.65. The monoisotopic (exact) mass is 623 g/mol. The van der Waals surface area contributed by atoms with Gasteiger partial charge < -0.3 is 10.1 Å². The van der Waals surface area contributed by atoms with E-state index >= 15 is 0 Å². The molecule has 2 aliphatic rings. The summed E-state index contributed by atoms with van der Waals surface area (Å²) in [5, 5.41) is 12.3. The number of carbonyl (C=O) groups is 2. The number of amides is 2. The number of anilines is 1. The number of hydrogen-bond acceptors (Lipinski definition) is 6. The highest BCUT2D eigenvalue weighted by molar-refractivity contribution is 8.45. The zero-order chi connectivity index (χ0) is 31.0. The van der Waals surface area contributed by atoms with E-state index < -0.39 is 69.9 Å². The van der Waals surface area contributed by atoms with E-state index in [4.69, 9.17) is 4.74 Å². The molecule has 1 N–H and O–H groups in total. The lowest BCUT2D eigenvalue weighted by atomic mass is 9.91. The van der Waals surface area contributed by atoms with Crippen molar-refractivity contribution in [2.24, 2.45) is 0 Å². The number of aromatic nitrogens is 1. The second kappa shape index (κ2) is 10.6. The lowest BCUT2D eigenvalue weighted by Crippen LogP contribution is -2.52. The van der Waals surface area contributed by atoms with E-state index in [9.17, 15) is 43.1 Å². The fourth-order valence-corrected chi connectivity index (χ4v) is 5.81. The predicted molar refractivity (Wildman–Crippen MR) is 139 cm³/mol. The van der Waals surface area contributed by atoms with Crippen molar-refractivity contribution in [3.05, 3.63) is 54.4 Å². The molecule has 1 aliphatic carbocycles. The second-order valence-electron chi connectivity index (χ2n) is 10.4. The third-order valence-corrected chi connectivity index (χ3v) is 8.54. The van der Waals surface area contributed by atoms with Gasteiger partial charge in [-0.2, -0.15) is 5.26 Å². The molecule has 0 spiro atoms. The molecule has 0 radical (unpaired) electrons. The SMILES string of the molecule is CO[C@@H]1C[C@H](C(=O)N(c2ccc(S(F)(F)(F)(F)F)cc2)[C@@H](C(=O)NC2CCC(F)(F)CC2)c2cccnc2)N(C#N)C1. The van der Waals surface area contributed by atoms with Crippen molar-refractivity contribution < 1.29 is 42.5 Å². The summed E-state index contributed by atoms with van der Waals surface area (Å²) in [6.45, 7) is 0.0143. The van der Waals surface area contributed by atoms with Crippen LogP contribution in [0.25, 0.3) is 0 Å². The van der Waals surface area contributed by atoms with E-state index in [-0.39, 0.29) is 49.2 Å². The Hall–Kier alpha value is -3.58. The van der Waals surface area contributed by atoms with Gasteiger partial charge in [0, 0.05) is 56.1 Å². The molecule has 4 rings (SSSR count). The van der Waals surface area contributed by atoms with E-state index in [0.717, 1.165) is 9.80 Å². The molecule has 2 aromatic rings. The molecular formula is C26H28F7N5O3S. The van der Waals surface area contributed by atoms with Gasteiger partial charge in [-0.25, -0.2) is 8.78 Å². The Balaban J connectivity index is 1.80. The summed E-state index contributed by atoms with van der Waals surface area (Å²) in [4.78, 5) is 31.6. The van der Waals surface area contributed by atoms with Gasteiger partial charge in [-0.05, 0) is 43.2 Å². The molecule has 42 heavy (non-hydrogen) atoms. The Bertz CT molecular complexity index is 1350. The van der Waals surface area contributed by atoms with E-state index in [0.29, 0.717) is 12.1 Å². The van der Waals surface area contributed by atoms with Gasteiger partial charge in [0.15, 0.2) is 6.19 Å². The number of nitrogens with zero attached hydrogens (tertiary/aromatic N) is 4. The summed E-state index contributed by atoms with van der Waals surface area (Å²) < 4.78 is 100. The molecular weight excluding hydrogens is 595 g/mol. The highest BCUT2D eigenvalue weighted by atomic mass is 32.5. The first kappa shape index (κ1) is 31.4. The maximum absolute atomic E-state index is 14.1. The molecule has 1 saturated heterocycles. The quantitative estimate of drug-likeness (QED) is 0.283. The van der Waals surface area contributed by atoms with Crippen LogP contribution in [0.2, 0.25) is 0 Å². The topological polar surface area (TPSA) is 98.6 Å². The number of hydrogen-bond donors (Lipinski definition) is 1. The lowest BCUT2D eigenvalue weighted by Gasteiger charge is -2.41. The van der Waals surface area contributed by atoms with Gasteiger partial charge in [0.05, 0.1) is 12.6 Å². The molecule has 2 fully saturated rings. The summed E-state index contributed by atoms with van der Waals surface area (Å²) in [6.07, 6.45) is 2.80. The largest absolute Gasteiger partial charge is 0.379 e. The van der Waals surface area contributed by atoms with Gasteiger partial charge in [-0.15, -0.1) is 0 Å². The maximum atomic E-state index is 14.1. The summed E-state index contributed by atoms with van der Waals surface area (Å²) in [5.74, 6) is -4.64. The van der Waals surface area contributed by atoms with Crippen LogP contribution in [-0.2, 0) is 14.3 Å². The molecule has 0 bridgehead atoms. The van der Waals surface area contributed by atoms with Crippen LogP contribution in [0.1, 0.15) is 43.7 Å². The van der Waals surface area contributed by atoms with Crippen LogP contribution >= 0.6 is 10.2 Å². The molecule has 1 saturated carbocycles. The molecule has 1 aliphatic heterocycles. The molecule has 0 unspecified atom stereocenters. The van der Waals surface area contributed by atoms with Crippen LogP contribution in [-0.4, -0.2) is 59.5 Å². The van der Waals surface area contributed by atoms with E-state index in [1.807, 2.05) is 6.19 Å². The first-order valence-corrected chi connectivity index (χ1v) is 14.8. The van der Waals surface area contributed by atoms with Crippen LogP contribution in [0.15, 0.2) is 53.7 Å². The minimum atomic E-state index is -10.1. The number of methoxy groups -OCH3 is 1. The minimum absolute atomic E-state index is 0.0119. The Morgan fingerprint density at radius 3 is 2.31 bits per heavy atom. The summed E-state index contributed by atoms with van der Waals surface area (Å²) in [6, 6.07) is 0.866. The molecule has 2 amide bonds. The van der Waals surface area contributed by atoms with Gasteiger partial charge >= 0.3 is 10.2 Å². The van der Waals surface area contributed by atoms with Crippen molar-refractivity contribution in [2.75, 3.05) is 18.6 Å². The van der Waals surface area contributed by atoms with Crippen LogP contribution in [0.3, 0.4) is 0 Å². The third kappa shape index (κ3) is 7.06. The maximum Gasteiger partial charge on any atom is 0.310 e. The number of halogens is 7. The molecule has 2 heterocycles. The number of rotatable bonds is 8. The second-order valence-corrected chi connectivity index (χ2v) is 12.8. The van der Waals surface area contributed by atoms with Crippen LogP contribution < -0.4 is 10.2 Å². The normalized spacial score (nSPS) is 23.3. The number of alkyl halides is 2. The lowest BCUT2D eigenvalue weighted by molar-refractivity contribution is -0.129. The number of carbonyl (C=O) groups excluding carboxylic acids is 2.